The summed E-state index contributed by atoms with van der Waals surface area (Å²) in [6.07, 6.45) is 2.11. The van der Waals surface area contributed by atoms with Gasteiger partial charge in [0, 0.05) is 10.4 Å². The Morgan fingerprint density at radius 1 is 1.04 bits per heavy atom. The molecule has 1 aromatic carbocycles. The summed E-state index contributed by atoms with van der Waals surface area (Å²) in [5, 5.41) is 33.3. The molecule has 3 aromatic rings. The van der Waals surface area contributed by atoms with Gasteiger partial charge in [0.05, 0.1) is 12.4 Å². The van der Waals surface area contributed by atoms with Gasteiger partial charge < -0.3 is 9.84 Å². The fourth-order valence-electron chi connectivity index (χ4n) is 2.64. The Balaban J connectivity index is 2.10. The molecule has 25 heavy (non-hydrogen) atoms. The number of hydrogen-bond acceptors (Lipinski definition) is 6. The van der Waals surface area contributed by atoms with Crippen LogP contribution >= 0.6 is 11.6 Å². The summed E-state index contributed by atoms with van der Waals surface area (Å²) in [4.78, 5) is 0. The minimum absolute atomic E-state index is 0.349. The molecule has 0 saturated carbocycles. The molecule has 0 fully saturated rings. The number of halogens is 1. The van der Waals surface area contributed by atoms with E-state index in [0.717, 1.165) is 0 Å². The number of nitrogens with one attached hydrogen (secondary N) is 2. The van der Waals surface area contributed by atoms with Crippen molar-refractivity contribution in [1.29, 1.82) is 0 Å². The lowest BCUT2D eigenvalue weighted by Gasteiger charge is -2.43. The minimum Gasteiger partial charge on any atom is -0.480 e. The van der Waals surface area contributed by atoms with Crippen LogP contribution in [0.1, 0.15) is 38.3 Å². The van der Waals surface area contributed by atoms with Crippen molar-refractivity contribution in [2.24, 2.45) is 5.41 Å². The summed E-state index contributed by atoms with van der Waals surface area (Å²) in [5.74, 6) is 0.531. The maximum absolute atomic E-state index is 11.7. The molecule has 0 aliphatic carbocycles. The number of aromatic nitrogens is 6. The molecular weight excluding hydrogens is 344 g/mol. The van der Waals surface area contributed by atoms with Crippen LogP contribution in [0, 0.1) is 5.41 Å². The van der Waals surface area contributed by atoms with E-state index in [-0.39, 0.29) is 0 Å². The molecule has 8 nitrogen and oxygen atoms in total. The van der Waals surface area contributed by atoms with Gasteiger partial charge in [0.15, 0.2) is 11.7 Å². The standard InChI is InChI=1S/C16H19ClN6O2/c1-15(2,3)16(24,13-9-19-23-21-13)14(12-8-18-22-20-12)25-11-6-4-10(17)5-7-11/h4-9,14,24H,1-3H3,(H,18,20,22)(H,19,21,23). The maximum Gasteiger partial charge on any atom is 0.179 e. The highest BCUT2D eigenvalue weighted by Crippen LogP contribution is 2.48. The molecule has 0 saturated heterocycles. The van der Waals surface area contributed by atoms with E-state index >= 15 is 0 Å². The van der Waals surface area contributed by atoms with Gasteiger partial charge in [-0.3, -0.25) is 0 Å². The highest BCUT2D eigenvalue weighted by molar-refractivity contribution is 6.30. The van der Waals surface area contributed by atoms with Crippen molar-refractivity contribution in [3.63, 3.8) is 0 Å². The average molecular weight is 363 g/mol. The number of nitrogens with zero attached hydrogens (tertiary/aromatic N) is 4. The number of H-pyrrole nitrogens is 2. The van der Waals surface area contributed by atoms with Crippen molar-refractivity contribution in [1.82, 2.24) is 30.8 Å². The third kappa shape index (κ3) is 3.22. The van der Waals surface area contributed by atoms with Crippen LogP contribution in [0.2, 0.25) is 5.02 Å². The first-order valence-corrected chi connectivity index (χ1v) is 8.06. The van der Waals surface area contributed by atoms with E-state index < -0.39 is 17.1 Å². The van der Waals surface area contributed by atoms with Crippen LogP contribution in [0.4, 0.5) is 0 Å². The first-order valence-electron chi connectivity index (χ1n) is 7.69. The fraction of sp³-hybridized carbons (Fsp3) is 0.375. The molecule has 0 aliphatic heterocycles. The molecule has 0 amide bonds. The molecule has 0 radical (unpaired) electrons. The Bertz CT molecular complexity index is 798. The monoisotopic (exact) mass is 362 g/mol. The molecular formula is C16H19ClN6O2. The number of aromatic amines is 2. The molecule has 2 aromatic heterocycles. The van der Waals surface area contributed by atoms with E-state index in [1.54, 1.807) is 24.3 Å². The molecule has 0 spiro atoms. The van der Waals surface area contributed by atoms with Gasteiger partial charge in [0.2, 0.25) is 0 Å². The number of hydrogen-bond donors (Lipinski definition) is 3. The summed E-state index contributed by atoms with van der Waals surface area (Å²) in [5.41, 5.74) is -1.39. The van der Waals surface area contributed by atoms with E-state index in [9.17, 15) is 5.11 Å². The Kier molecular flexibility index (Phi) is 4.49. The van der Waals surface area contributed by atoms with Crippen molar-refractivity contribution in [2.75, 3.05) is 0 Å². The Morgan fingerprint density at radius 3 is 2.20 bits per heavy atom. The Morgan fingerprint density at radius 2 is 1.68 bits per heavy atom. The zero-order valence-corrected chi connectivity index (χ0v) is 14.8. The normalized spacial score (nSPS) is 15.6. The molecule has 2 unspecified atom stereocenters. The van der Waals surface area contributed by atoms with E-state index in [4.69, 9.17) is 16.3 Å². The van der Waals surface area contributed by atoms with E-state index in [1.807, 2.05) is 20.8 Å². The van der Waals surface area contributed by atoms with Gasteiger partial charge in [0.25, 0.3) is 0 Å². The largest absolute Gasteiger partial charge is 0.480 e. The number of benzene rings is 1. The third-order valence-electron chi connectivity index (χ3n) is 4.10. The SMILES string of the molecule is CC(C)(C)C(O)(c1cn[nH]n1)C(Oc1ccc(Cl)cc1)c1cn[nH]n1. The second-order valence-electron chi connectivity index (χ2n) is 6.72. The highest BCUT2D eigenvalue weighted by atomic mass is 35.5. The zero-order valence-electron chi connectivity index (χ0n) is 14.1. The summed E-state index contributed by atoms with van der Waals surface area (Å²) in [7, 11) is 0. The first-order chi connectivity index (χ1) is 11.8. The van der Waals surface area contributed by atoms with Crippen molar-refractivity contribution in [3.05, 3.63) is 53.1 Å². The molecule has 0 bridgehead atoms. The van der Waals surface area contributed by atoms with Gasteiger partial charge in [0.1, 0.15) is 17.1 Å². The Hall–Kier alpha value is -2.45. The lowest BCUT2D eigenvalue weighted by atomic mass is 9.70. The predicted octanol–water partition coefficient (Wildman–Crippen LogP) is 2.63. The molecule has 3 N–H and O–H groups in total. The van der Waals surface area contributed by atoms with Gasteiger partial charge in [-0.15, -0.1) is 0 Å². The van der Waals surface area contributed by atoms with Gasteiger partial charge >= 0.3 is 0 Å². The lowest BCUT2D eigenvalue weighted by Crippen LogP contribution is -2.48. The first kappa shape index (κ1) is 17.4. The average Bonchev–Trinajstić information content (AvgIpc) is 3.26. The van der Waals surface area contributed by atoms with Crippen LogP contribution in [0.15, 0.2) is 36.7 Å². The van der Waals surface area contributed by atoms with E-state index in [1.165, 1.54) is 12.4 Å². The van der Waals surface area contributed by atoms with Gasteiger partial charge in [-0.1, -0.05) is 32.4 Å². The number of rotatable bonds is 5. The maximum atomic E-state index is 11.7. The van der Waals surface area contributed by atoms with Crippen molar-refractivity contribution < 1.29 is 9.84 Å². The number of aliphatic hydroxyl groups is 1. The minimum atomic E-state index is -1.53. The summed E-state index contributed by atoms with van der Waals surface area (Å²) < 4.78 is 6.12. The molecule has 0 aliphatic rings. The fourth-order valence-corrected chi connectivity index (χ4v) is 2.77. The summed E-state index contributed by atoms with van der Waals surface area (Å²) >= 11 is 5.94. The number of ether oxygens (including phenoxy) is 1. The molecule has 9 heteroatoms. The molecule has 3 rings (SSSR count). The van der Waals surface area contributed by atoms with E-state index in [0.29, 0.717) is 22.2 Å². The molecule has 132 valence electrons. The van der Waals surface area contributed by atoms with Gasteiger partial charge in [-0.25, -0.2) is 0 Å². The second-order valence-corrected chi connectivity index (χ2v) is 7.15. The van der Waals surface area contributed by atoms with Crippen LogP contribution in [-0.4, -0.2) is 35.9 Å². The lowest BCUT2D eigenvalue weighted by molar-refractivity contribution is -0.146. The topological polar surface area (TPSA) is 113 Å². The summed E-state index contributed by atoms with van der Waals surface area (Å²) in [6, 6.07) is 6.87. The quantitative estimate of drug-likeness (QED) is 0.643. The van der Waals surface area contributed by atoms with Gasteiger partial charge in [-0.2, -0.15) is 30.8 Å². The van der Waals surface area contributed by atoms with E-state index in [2.05, 4.69) is 30.8 Å². The van der Waals surface area contributed by atoms with Crippen LogP contribution in [0.25, 0.3) is 0 Å². The smallest absolute Gasteiger partial charge is 0.179 e. The predicted molar refractivity (Wildman–Crippen MR) is 90.9 cm³/mol. The highest BCUT2D eigenvalue weighted by Gasteiger charge is 2.53. The molecule has 2 heterocycles. The summed E-state index contributed by atoms with van der Waals surface area (Å²) in [6.45, 7) is 5.67. The van der Waals surface area contributed by atoms with Crippen LogP contribution in [0.5, 0.6) is 5.75 Å². The second kappa shape index (κ2) is 6.45. The third-order valence-corrected chi connectivity index (χ3v) is 4.35. The van der Waals surface area contributed by atoms with Crippen LogP contribution in [0.3, 0.4) is 0 Å². The van der Waals surface area contributed by atoms with Crippen molar-refractivity contribution in [2.45, 2.75) is 32.5 Å². The van der Waals surface area contributed by atoms with Crippen molar-refractivity contribution >= 4 is 11.6 Å². The van der Waals surface area contributed by atoms with Crippen molar-refractivity contribution in [3.8, 4) is 5.75 Å². The zero-order chi connectivity index (χ0) is 18.1. The Labute approximate surface area is 149 Å². The molecule has 2 atom stereocenters. The van der Waals surface area contributed by atoms with Crippen LogP contribution in [-0.2, 0) is 5.60 Å². The van der Waals surface area contributed by atoms with Crippen LogP contribution < -0.4 is 4.74 Å². The van der Waals surface area contributed by atoms with Gasteiger partial charge in [-0.05, 0) is 24.3 Å².